The molecule has 0 radical (unpaired) electrons. The van der Waals surface area contributed by atoms with Crippen LogP contribution in [0.15, 0.2) is 42.9 Å². The van der Waals surface area contributed by atoms with Crippen molar-refractivity contribution in [2.75, 3.05) is 39.4 Å². The molecule has 0 aliphatic carbocycles. The van der Waals surface area contributed by atoms with E-state index in [1.165, 1.54) is 5.69 Å². The first-order chi connectivity index (χ1) is 12.8. The van der Waals surface area contributed by atoms with Crippen molar-refractivity contribution in [2.24, 2.45) is 0 Å². The van der Waals surface area contributed by atoms with Crippen molar-refractivity contribution in [2.45, 2.75) is 19.1 Å². The second-order valence-corrected chi connectivity index (χ2v) is 6.75. The Morgan fingerprint density at radius 3 is 2.88 bits per heavy atom. The van der Waals surface area contributed by atoms with Crippen molar-refractivity contribution in [1.82, 2.24) is 24.7 Å². The van der Waals surface area contributed by atoms with Crippen molar-refractivity contribution in [3.63, 3.8) is 0 Å². The van der Waals surface area contributed by atoms with E-state index < -0.39 is 0 Å². The summed E-state index contributed by atoms with van der Waals surface area (Å²) in [4.78, 5) is 21.2. The van der Waals surface area contributed by atoms with Crippen LogP contribution in [0.2, 0.25) is 0 Å². The Bertz CT molecular complexity index is 727. The molecule has 138 valence electrons. The molecule has 2 amide bonds. The number of ether oxygens (including phenoxy) is 1. The van der Waals surface area contributed by atoms with Crippen molar-refractivity contribution in [3.8, 4) is 0 Å². The molecule has 0 spiro atoms. The second-order valence-electron chi connectivity index (χ2n) is 6.75. The number of fused-ring (bicyclic) bond motifs is 1. The highest BCUT2D eigenvalue weighted by molar-refractivity contribution is 5.74. The monoisotopic (exact) mass is 355 g/mol. The second kappa shape index (κ2) is 7.88. The quantitative estimate of drug-likeness (QED) is 0.902. The Hall–Kier alpha value is -2.38. The minimum Gasteiger partial charge on any atom is -0.379 e. The molecule has 1 fully saturated rings. The molecule has 2 aromatic heterocycles. The molecule has 4 rings (SSSR count). The smallest absolute Gasteiger partial charge is 0.317 e. The molecule has 1 unspecified atom stereocenters. The standard InChI is InChI=1S/C19H25N5O2/c25-19(24-8-7-22-6-2-4-17(22)15-24)21-14-18(16-3-1-5-20-13-16)23-9-11-26-12-10-23/h1-6,13,18H,7-12,14-15H2,(H,21,25). The number of urea groups is 1. The Morgan fingerprint density at radius 2 is 2.08 bits per heavy atom. The van der Waals surface area contributed by atoms with Gasteiger partial charge >= 0.3 is 6.03 Å². The lowest BCUT2D eigenvalue weighted by atomic mass is 10.1. The summed E-state index contributed by atoms with van der Waals surface area (Å²) < 4.78 is 7.68. The third kappa shape index (κ3) is 3.73. The van der Waals surface area contributed by atoms with Crippen molar-refractivity contribution in [1.29, 1.82) is 0 Å². The maximum absolute atomic E-state index is 12.7. The molecule has 1 atom stereocenters. The van der Waals surface area contributed by atoms with Crippen molar-refractivity contribution >= 4 is 6.03 Å². The maximum atomic E-state index is 12.7. The van der Waals surface area contributed by atoms with Crippen LogP contribution < -0.4 is 5.32 Å². The van der Waals surface area contributed by atoms with Crippen LogP contribution in [-0.4, -0.2) is 64.8 Å². The van der Waals surface area contributed by atoms with Crippen LogP contribution in [0, 0.1) is 0 Å². The lowest BCUT2D eigenvalue weighted by molar-refractivity contribution is 0.0163. The lowest BCUT2D eigenvalue weighted by Crippen LogP contribution is -2.48. The number of nitrogens with zero attached hydrogens (tertiary/aromatic N) is 4. The van der Waals surface area contributed by atoms with Gasteiger partial charge in [-0.3, -0.25) is 9.88 Å². The summed E-state index contributed by atoms with van der Waals surface area (Å²) in [5.74, 6) is 0. The number of hydrogen-bond acceptors (Lipinski definition) is 4. The van der Waals surface area contributed by atoms with Crippen molar-refractivity contribution in [3.05, 3.63) is 54.1 Å². The first-order valence-electron chi connectivity index (χ1n) is 9.20. The molecule has 2 aliphatic heterocycles. The number of rotatable bonds is 4. The molecule has 2 aliphatic rings. The SMILES string of the molecule is O=C(NCC(c1cccnc1)N1CCOCC1)N1CCn2cccc2C1. The third-order valence-corrected chi connectivity index (χ3v) is 5.18. The molecule has 0 saturated carbocycles. The average molecular weight is 355 g/mol. The predicted octanol–water partition coefficient (Wildman–Crippen LogP) is 1.48. The summed E-state index contributed by atoms with van der Waals surface area (Å²) >= 11 is 0. The van der Waals surface area contributed by atoms with Crippen LogP contribution >= 0.6 is 0 Å². The summed E-state index contributed by atoms with van der Waals surface area (Å²) in [5.41, 5.74) is 2.31. The Labute approximate surface area is 153 Å². The number of amides is 2. The molecule has 7 nitrogen and oxygen atoms in total. The van der Waals surface area contributed by atoms with Gasteiger partial charge in [-0.1, -0.05) is 6.07 Å². The number of carbonyl (C=O) groups excluding carboxylic acids is 1. The highest BCUT2D eigenvalue weighted by Gasteiger charge is 2.25. The van der Waals surface area contributed by atoms with Crippen LogP contribution in [0.1, 0.15) is 17.3 Å². The molecule has 1 N–H and O–H groups in total. The highest BCUT2D eigenvalue weighted by Crippen LogP contribution is 2.21. The molecule has 26 heavy (non-hydrogen) atoms. The summed E-state index contributed by atoms with van der Waals surface area (Å²) in [5, 5.41) is 3.14. The van der Waals surface area contributed by atoms with E-state index in [0.717, 1.165) is 45.0 Å². The molecule has 1 saturated heterocycles. The number of aromatic nitrogens is 2. The number of morpholine rings is 1. The van der Waals surface area contributed by atoms with Crippen LogP contribution in [-0.2, 0) is 17.8 Å². The van der Waals surface area contributed by atoms with E-state index in [4.69, 9.17) is 4.74 Å². The van der Waals surface area contributed by atoms with Gasteiger partial charge in [0.2, 0.25) is 0 Å². The van der Waals surface area contributed by atoms with Gasteiger partial charge in [0.25, 0.3) is 0 Å². The predicted molar refractivity (Wildman–Crippen MR) is 97.6 cm³/mol. The normalized spacial score (nSPS) is 19.0. The zero-order chi connectivity index (χ0) is 17.8. The largest absolute Gasteiger partial charge is 0.379 e. The number of carbonyl (C=O) groups is 1. The van der Waals surface area contributed by atoms with E-state index in [0.29, 0.717) is 13.1 Å². The fourth-order valence-electron chi connectivity index (χ4n) is 3.70. The van der Waals surface area contributed by atoms with Gasteiger partial charge in [-0.25, -0.2) is 4.79 Å². The topological polar surface area (TPSA) is 62.6 Å². The molecule has 0 bridgehead atoms. The Morgan fingerprint density at radius 1 is 1.19 bits per heavy atom. The number of hydrogen-bond donors (Lipinski definition) is 1. The van der Waals surface area contributed by atoms with Crippen LogP contribution in [0.5, 0.6) is 0 Å². The van der Waals surface area contributed by atoms with Gasteiger partial charge in [0.15, 0.2) is 0 Å². The van der Waals surface area contributed by atoms with Crippen LogP contribution in [0.25, 0.3) is 0 Å². The van der Waals surface area contributed by atoms with E-state index in [9.17, 15) is 4.79 Å². The molecular formula is C19H25N5O2. The van der Waals surface area contributed by atoms with E-state index in [-0.39, 0.29) is 12.1 Å². The third-order valence-electron chi connectivity index (χ3n) is 5.18. The lowest BCUT2D eigenvalue weighted by Gasteiger charge is -2.35. The van der Waals surface area contributed by atoms with Gasteiger partial charge in [-0.2, -0.15) is 0 Å². The van der Waals surface area contributed by atoms with Gasteiger partial charge in [0, 0.05) is 57.0 Å². The highest BCUT2D eigenvalue weighted by atomic mass is 16.5. The maximum Gasteiger partial charge on any atom is 0.317 e. The van der Waals surface area contributed by atoms with Crippen LogP contribution in [0.4, 0.5) is 4.79 Å². The van der Waals surface area contributed by atoms with Crippen LogP contribution in [0.3, 0.4) is 0 Å². The Kier molecular flexibility index (Phi) is 5.17. The Balaban J connectivity index is 1.40. The summed E-state index contributed by atoms with van der Waals surface area (Å²) in [6.45, 7) is 6.02. The first kappa shape index (κ1) is 17.1. The van der Waals surface area contributed by atoms with E-state index in [2.05, 4.69) is 38.1 Å². The summed E-state index contributed by atoms with van der Waals surface area (Å²) in [6, 6.07) is 8.25. The summed E-state index contributed by atoms with van der Waals surface area (Å²) in [7, 11) is 0. The molecule has 7 heteroatoms. The van der Waals surface area contributed by atoms with Gasteiger partial charge in [-0.15, -0.1) is 0 Å². The van der Waals surface area contributed by atoms with Gasteiger partial charge in [-0.05, 0) is 23.8 Å². The first-order valence-corrected chi connectivity index (χ1v) is 9.20. The molecule has 2 aromatic rings. The molecular weight excluding hydrogens is 330 g/mol. The van der Waals surface area contributed by atoms with Crippen molar-refractivity contribution < 1.29 is 9.53 Å². The van der Waals surface area contributed by atoms with E-state index in [1.54, 1.807) is 6.20 Å². The van der Waals surface area contributed by atoms with Gasteiger partial charge < -0.3 is 19.5 Å². The minimum absolute atomic E-state index is 0.000371. The minimum atomic E-state index is -0.000371. The zero-order valence-electron chi connectivity index (χ0n) is 14.9. The van der Waals surface area contributed by atoms with Gasteiger partial charge in [0.05, 0.1) is 25.8 Å². The molecule has 0 aromatic carbocycles. The summed E-state index contributed by atoms with van der Waals surface area (Å²) in [6.07, 6.45) is 5.74. The van der Waals surface area contributed by atoms with E-state index >= 15 is 0 Å². The zero-order valence-corrected chi connectivity index (χ0v) is 14.9. The molecule has 4 heterocycles. The van der Waals surface area contributed by atoms with E-state index in [1.807, 2.05) is 23.2 Å². The average Bonchev–Trinajstić information content (AvgIpc) is 3.17. The van der Waals surface area contributed by atoms with Gasteiger partial charge in [0.1, 0.15) is 0 Å². The number of pyridine rings is 1. The fourth-order valence-corrected chi connectivity index (χ4v) is 3.70. The number of nitrogens with one attached hydrogen (secondary N) is 1. The fraction of sp³-hybridized carbons (Fsp3) is 0.474.